The molecule has 1 aromatic heterocycles. The summed E-state index contributed by atoms with van der Waals surface area (Å²) in [6.45, 7) is 7.94. The fraction of sp³-hybridized carbons (Fsp3) is 0.243. The Morgan fingerprint density at radius 2 is 1.65 bits per heavy atom. The van der Waals surface area contributed by atoms with Crippen molar-refractivity contribution in [2.24, 2.45) is 0 Å². The summed E-state index contributed by atoms with van der Waals surface area (Å²) in [5, 5.41) is 13.1. The number of carboxylic acid groups (broad SMARTS) is 1. The van der Waals surface area contributed by atoms with E-state index in [1.165, 1.54) is 20.3 Å². The molecule has 0 saturated carbocycles. The van der Waals surface area contributed by atoms with Crippen molar-refractivity contribution in [2.45, 2.75) is 39.5 Å². The van der Waals surface area contributed by atoms with Crippen molar-refractivity contribution >= 4 is 44.2 Å². The molecular weight excluding hydrogens is 644 g/mol. The summed E-state index contributed by atoms with van der Waals surface area (Å²) in [5.41, 5.74) is 5.73. The van der Waals surface area contributed by atoms with Crippen molar-refractivity contribution in [1.82, 2.24) is 9.97 Å². The van der Waals surface area contributed by atoms with E-state index in [9.17, 15) is 23.1 Å². The van der Waals surface area contributed by atoms with Crippen LogP contribution in [0.2, 0.25) is 0 Å². The third-order valence-corrected chi connectivity index (χ3v) is 8.59. The lowest BCUT2D eigenvalue weighted by Crippen LogP contribution is -2.18. The molecule has 0 fully saturated rings. The van der Waals surface area contributed by atoms with Gasteiger partial charge in [-0.15, -0.1) is 0 Å². The predicted octanol–water partition coefficient (Wildman–Crippen LogP) is 6.83. The van der Waals surface area contributed by atoms with Crippen LogP contribution in [0.4, 0.5) is 11.4 Å². The third kappa shape index (κ3) is 7.98. The molecule has 1 amide bonds. The number of hydrogen-bond acceptors (Lipinski definition) is 8. The average molecular weight is 683 g/mol. The highest BCUT2D eigenvalue weighted by molar-refractivity contribution is 7.92. The first-order valence-corrected chi connectivity index (χ1v) is 17.2. The molecule has 12 heteroatoms. The van der Waals surface area contributed by atoms with E-state index in [4.69, 9.17) is 14.5 Å². The number of methoxy groups -OCH3 is 2. The standard InChI is InChI=1S/C37H38N4O7S/c1-21-8-10-24(35(42)40-30-18-26(37(2,3)4)19-31(34(30)48-6)41-49(7,45)46)17-28(21)23-11-13-29-25(16-23)20-38-33(39-29)15-22-9-12-27(36(43)44)32(14-22)47-5/h8-14,16-20,41H,15H2,1-7H3,(H,40,42)(H,43,44). The third-order valence-electron chi connectivity index (χ3n) is 8.00. The second-order valence-corrected chi connectivity index (χ2v) is 14.5. The maximum atomic E-state index is 13.7. The van der Waals surface area contributed by atoms with Gasteiger partial charge in [0.2, 0.25) is 10.0 Å². The number of aryl methyl sites for hydroxylation is 1. The number of aromatic carboxylic acids is 1. The first kappa shape index (κ1) is 34.8. The number of nitrogens with zero attached hydrogens (tertiary/aromatic N) is 2. The zero-order valence-electron chi connectivity index (χ0n) is 28.3. The fourth-order valence-electron chi connectivity index (χ4n) is 5.45. The second-order valence-electron chi connectivity index (χ2n) is 12.8. The Labute approximate surface area is 285 Å². The highest BCUT2D eigenvalue weighted by Crippen LogP contribution is 2.39. The predicted molar refractivity (Wildman–Crippen MR) is 191 cm³/mol. The number of amides is 1. The molecule has 0 radical (unpaired) electrons. The lowest BCUT2D eigenvalue weighted by Gasteiger charge is -2.24. The Bertz CT molecular complexity index is 2210. The van der Waals surface area contributed by atoms with E-state index in [-0.39, 0.29) is 28.2 Å². The molecule has 5 aromatic rings. The number of rotatable bonds is 10. The van der Waals surface area contributed by atoms with E-state index in [0.29, 0.717) is 23.5 Å². The van der Waals surface area contributed by atoms with Crippen LogP contribution in [-0.2, 0) is 21.9 Å². The number of sulfonamides is 1. The molecule has 3 N–H and O–H groups in total. The van der Waals surface area contributed by atoms with Gasteiger partial charge in [-0.25, -0.2) is 23.2 Å². The molecule has 0 atom stereocenters. The Morgan fingerprint density at radius 3 is 2.31 bits per heavy atom. The summed E-state index contributed by atoms with van der Waals surface area (Å²) in [6, 6.07) is 19.6. The molecule has 0 spiro atoms. The van der Waals surface area contributed by atoms with Gasteiger partial charge in [0, 0.05) is 23.6 Å². The van der Waals surface area contributed by atoms with E-state index < -0.39 is 21.9 Å². The number of benzene rings is 4. The van der Waals surface area contributed by atoms with E-state index in [1.54, 1.807) is 36.5 Å². The molecule has 5 rings (SSSR count). The van der Waals surface area contributed by atoms with Gasteiger partial charge in [-0.3, -0.25) is 9.52 Å². The van der Waals surface area contributed by atoms with E-state index in [1.807, 2.05) is 58.0 Å². The van der Waals surface area contributed by atoms with Crippen LogP contribution >= 0.6 is 0 Å². The van der Waals surface area contributed by atoms with Crippen LogP contribution in [0.15, 0.2) is 72.9 Å². The summed E-state index contributed by atoms with van der Waals surface area (Å²) in [5.74, 6) is -0.414. The Kier molecular flexibility index (Phi) is 9.64. The number of ether oxygens (including phenoxy) is 2. The molecule has 0 aliphatic rings. The monoisotopic (exact) mass is 682 g/mol. The van der Waals surface area contributed by atoms with Crippen molar-refractivity contribution in [1.29, 1.82) is 0 Å². The van der Waals surface area contributed by atoms with Gasteiger partial charge in [-0.2, -0.15) is 0 Å². The normalized spacial score (nSPS) is 11.7. The minimum atomic E-state index is -3.62. The molecule has 0 saturated heterocycles. The minimum absolute atomic E-state index is 0.0838. The molecule has 0 unspecified atom stereocenters. The lowest BCUT2D eigenvalue weighted by atomic mass is 9.86. The first-order chi connectivity index (χ1) is 23.1. The number of fused-ring (bicyclic) bond motifs is 1. The zero-order valence-corrected chi connectivity index (χ0v) is 29.2. The van der Waals surface area contributed by atoms with Gasteiger partial charge >= 0.3 is 5.97 Å². The number of hydrogen-bond donors (Lipinski definition) is 3. The van der Waals surface area contributed by atoms with Crippen LogP contribution in [0.1, 0.15) is 64.0 Å². The largest absolute Gasteiger partial charge is 0.496 e. The summed E-state index contributed by atoms with van der Waals surface area (Å²) < 4.78 is 37.6. The molecule has 0 bridgehead atoms. The van der Waals surface area contributed by atoms with Crippen LogP contribution in [-0.4, -0.2) is 55.8 Å². The molecule has 49 heavy (non-hydrogen) atoms. The molecule has 11 nitrogen and oxygen atoms in total. The van der Waals surface area contributed by atoms with Gasteiger partial charge in [-0.05, 0) is 88.7 Å². The Hall–Kier alpha value is -5.49. The van der Waals surface area contributed by atoms with E-state index in [0.717, 1.165) is 45.0 Å². The summed E-state index contributed by atoms with van der Waals surface area (Å²) in [7, 11) is -0.776. The quantitative estimate of drug-likeness (QED) is 0.144. The molecule has 0 aliphatic heterocycles. The molecule has 1 heterocycles. The number of carbonyl (C=O) groups is 2. The number of carbonyl (C=O) groups excluding carboxylic acids is 1. The number of nitrogens with one attached hydrogen (secondary N) is 2. The van der Waals surface area contributed by atoms with Crippen LogP contribution in [0.25, 0.3) is 22.0 Å². The summed E-state index contributed by atoms with van der Waals surface area (Å²) in [4.78, 5) is 34.4. The number of aromatic nitrogens is 2. The molecule has 4 aromatic carbocycles. The minimum Gasteiger partial charge on any atom is -0.496 e. The van der Waals surface area contributed by atoms with Crippen LogP contribution in [0.3, 0.4) is 0 Å². The van der Waals surface area contributed by atoms with Gasteiger partial charge in [0.25, 0.3) is 5.91 Å². The van der Waals surface area contributed by atoms with E-state index in [2.05, 4.69) is 15.0 Å². The van der Waals surface area contributed by atoms with Crippen LogP contribution in [0.5, 0.6) is 11.5 Å². The van der Waals surface area contributed by atoms with Crippen molar-refractivity contribution in [3.8, 4) is 22.6 Å². The second kappa shape index (κ2) is 13.6. The summed E-state index contributed by atoms with van der Waals surface area (Å²) in [6.07, 6.45) is 3.19. The van der Waals surface area contributed by atoms with Gasteiger partial charge in [-0.1, -0.05) is 39.0 Å². The first-order valence-electron chi connectivity index (χ1n) is 15.3. The number of anilines is 2. The maximum Gasteiger partial charge on any atom is 0.339 e. The van der Waals surface area contributed by atoms with Crippen LogP contribution < -0.4 is 19.5 Å². The maximum absolute atomic E-state index is 13.7. The SMILES string of the molecule is COc1cc(Cc2ncc3cc(-c4cc(C(=O)Nc5cc(C(C)(C)C)cc(NS(C)(=O)=O)c5OC)ccc4C)ccc3n2)ccc1C(=O)O. The molecule has 254 valence electrons. The van der Waals surface area contributed by atoms with Gasteiger partial charge < -0.3 is 19.9 Å². The topological polar surface area (TPSA) is 157 Å². The van der Waals surface area contributed by atoms with Gasteiger partial charge in [0.05, 0.1) is 37.4 Å². The summed E-state index contributed by atoms with van der Waals surface area (Å²) >= 11 is 0. The highest BCUT2D eigenvalue weighted by Gasteiger charge is 2.23. The van der Waals surface area contributed by atoms with Gasteiger partial charge in [0.15, 0.2) is 5.75 Å². The average Bonchev–Trinajstić information content (AvgIpc) is 3.03. The Morgan fingerprint density at radius 1 is 0.918 bits per heavy atom. The van der Waals surface area contributed by atoms with Crippen molar-refractivity contribution in [2.75, 3.05) is 30.5 Å². The zero-order chi connectivity index (χ0) is 35.7. The van der Waals surface area contributed by atoms with E-state index >= 15 is 0 Å². The molecule has 0 aliphatic carbocycles. The van der Waals surface area contributed by atoms with Crippen LogP contribution in [0, 0.1) is 6.92 Å². The molecular formula is C37H38N4O7S. The van der Waals surface area contributed by atoms with Crippen molar-refractivity contribution in [3.63, 3.8) is 0 Å². The van der Waals surface area contributed by atoms with Gasteiger partial charge in [0.1, 0.15) is 17.1 Å². The van der Waals surface area contributed by atoms with Crippen molar-refractivity contribution < 1.29 is 32.6 Å². The highest BCUT2D eigenvalue weighted by atomic mass is 32.2. The lowest BCUT2D eigenvalue weighted by molar-refractivity contribution is 0.0693. The van der Waals surface area contributed by atoms with Crippen molar-refractivity contribution in [3.05, 3.63) is 107 Å². The number of carboxylic acids is 1. The Balaban J connectivity index is 1.43. The fourth-order valence-corrected chi connectivity index (χ4v) is 6.00. The smallest absolute Gasteiger partial charge is 0.339 e.